The highest BCUT2D eigenvalue weighted by Gasteiger charge is 2.51. The molecule has 2 aliphatic carbocycles. The van der Waals surface area contributed by atoms with Crippen molar-refractivity contribution < 1.29 is 9.53 Å². The third-order valence-corrected chi connectivity index (χ3v) is 4.24. The third-order valence-electron chi connectivity index (χ3n) is 4.24. The van der Waals surface area contributed by atoms with E-state index >= 15 is 0 Å². The fourth-order valence-corrected chi connectivity index (χ4v) is 3.52. The van der Waals surface area contributed by atoms with E-state index in [1.165, 1.54) is 19.3 Å². The maximum absolute atomic E-state index is 11.6. The van der Waals surface area contributed by atoms with Crippen molar-refractivity contribution >= 4 is 5.97 Å². The van der Waals surface area contributed by atoms with Gasteiger partial charge in [0.25, 0.3) is 0 Å². The molecule has 0 aromatic heterocycles. The van der Waals surface area contributed by atoms with E-state index in [0.717, 1.165) is 12.3 Å². The Bertz CT molecular complexity index is 254. The summed E-state index contributed by atoms with van der Waals surface area (Å²) in [5, 5.41) is 3.40. The van der Waals surface area contributed by atoms with Crippen LogP contribution in [0.3, 0.4) is 0 Å². The molecule has 3 atom stereocenters. The van der Waals surface area contributed by atoms with Crippen LogP contribution in [0.25, 0.3) is 0 Å². The molecule has 86 valence electrons. The summed E-state index contributed by atoms with van der Waals surface area (Å²) in [4.78, 5) is 11.6. The highest BCUT2D eigenvalue weighted by atomic mass is 16.5. The minimum absolute atomic E-state index is 0.0422. The normalized spacial score (nSPS) is 38.3. The standard InChI is InChI=1S/C12H21NO2/c1-3-15-11(14)8-12(13-2)7-9-4-5-10(12)6-9/h9-10,13H,3-8H2,1-2H3. The Hall–Kier alpha value is -0.570. The van der Waals surface area contributed by atoms with Crippen LogP contribution in [-0.2, 0) is 9.53 Å². The topological polar surface area (TPSA) is 38.3 Å². The van der Waals surface area contributed by atoms with E-state index in [2.05, 4.69) is 5.32 Å². The molecular weight excluding hydrogens is 190 g/mol. The van der Waals surface area contributed by atoms with Crippen molar-refractivity contribution in [1.29, 1.82) is 0 Å². The highest BCUT2D eigenvalue weighted by Crippen LogP contribution is 2.52. The van der Waals surface area contributed by atoms with Crippen LogP contribution in [0.1, 0.15) is 39.0 Å². The lowest BCUT2D eigenvalue weighted by Gasteiger charge is -2.36. The van der Waals surface area contributed by atoms with Gasteiger partial charge < -0.3 is 10.1 Å². The first kappa shape index (κ1) is 10.9. The zero-order chi connectivity index (χ0) is 10.9. The van der Waals surface area contributed by atoms with Gasteiger partial charge in [-0.1, -0.05) is 6.42 Å². The average molecular weight is 211 g/mol. The smallest absolute Gasteiger partial charge is 0.307 e. The van der Waals surface area contributed by atoms with Crippen molar-refractivity contribution in [2.75, 3.05) is 13.7 Å². The van der Waals surface area contributed by atoms with E-state index in [-0.39, 0.29) is 11.5 Å². The molecule has 0 spiro atoms. The summed E-state index contributed by atoms with van der Waals surface area (Å²) in [5.41, 5.74) is 0.0508. The molecule has 0 amide bonds. The van der Waals surface area contributed by atoms with Crippen molar-refractivity contribution in [1.82, 2.24) is 5.32 Å². The molecule has 1 N–H and O–H groups in total. The van der Waals surface area contributed by atoms with Gasteiger partial charge in [0, 0.05) is 5.54 Å². The Morgan fingerprint density at radius 1 is 1.53 bits per heavy atom. The summed E-state index contributed by atoms with van der Waals surface area (Å²) in [6.45, 7) is 2.36. The Morgan fingerprint density at radius 2 is 2.33 bits per heavy atom. The molecule has 2 saturated carbocycles. The first-order valence-electron chi connectivity index (χ1n) is 6.04. The minimum atomic E-state index is -0.0422. The van der Waals surface area contributed by atoms with Gasteiger partial charge >= 0.3 is 5.97 Å². The zero-order valence-corrected chi connectivity index (χ0v) is 9.71. The number of hydrogen-bond acceptors (Lipinski definition) is 3. The molecule has 2 fully saturated rings. The van der Waals surface area contributed by atoms with Crippen LogP contribution in [0.4, 0.5) is 0 Å². The van der Waals surface area contributed by atoms with Gasteiger partial charge in [-0.25, -0.2) is 0 Å². The zero-order valence-electron chi connectivity index (χ0n) is 9.71. The number of rotatable bonds is 4. The molecule has 0 aromatic rings. The highest BCUT2D eigenvalue weighted by molar-refractivity contribution is 5.71. The van der Waals surface area contributed by atoms with Crippen molar-refractivity contribution in [3.05, 3.63) is 0 Å². The second-order valence-corrected chi connectivity index (χ2v) is 4.97. The van der Waals surface area contributed by atoms with Gasteiger partial charge in [0.1, 0.15) is 0 Å². The van der Waals surface area contributed by atoms with Gasteiger partial charge in [0.15, 0.2) is 0 Å². The van der Waals surface area contributed by atoms with Gasteiger partial charge in [0.2, 0.25) is 0 Å². The first-order chi connectivity index (χ1) is 7.20. The van der Waals surface area contributed by atoms with Crippen LogP contribution in [0.15, 0.2) is 0 Å². The molecule has 0 aliphatic heterocycles. The Morgan fingerprint density at radius 3 is 2.80 bits per heavy atom. The number of esters is 1. The molecule has 0 aromatic carbocycles. The predicted octanol–water partition coefficient (Wildman–Crippen LogP) is 1.72. The lowest BCUT2D eigenvalue weighted by atomic mass is 9.78. The lowest BCUT2D eigenvalue weighted by Crippen LogP contribution is -2.49. The van der Waals surface area contributed by atoms with Crippen LogP contribution in [0.2, 0.25) is 0 Å². The second kappa shape index (κ2) is 4.12. The summed E-state index contributed by atoms with van der Waals surface area (Å²) in [6, 6.07) is 0. The van der Waals surface area contributed by atoms with E-state index in [1.54, 1.807) is 0 Å². The molecule has 2 bridgehead atoms. The monoisotopic (exact) mass is 211 g/mol. The quantitative estimate of drug-likeness (QED) is 0.720. The van der Waals surface area contributed by atoms with Crippen LogP contribution < -0.4 is 5.32 Å². The summed E-state index contributed by atoms with van der Waals surface area (Å²) in [7, 11) is 1.99. The van der Waals surface area contributed by atoms with Crippen molar-refractivity contribution in [2.45, 2.75) is 44.6 Å². The SMILES string of the molecule is CCOC(=O)CC1(NC)CC2CCC1C2. The molecule has 2 aliphatic rings. The molecule has 15 heavy (non-hydrogen) atoms. The molecule has 0 saturated heterocycles. The first-order valence-corrected chi connectivity index (χ1v) is 6.04. The average Bonchev–Trinajstić information content (AvgIpc) is 2.78. The number of nitrogens with one attached hydrogen (secondary N) is 1. The van der Waals surface area contributed by atoms with E-state index in [9.17, 15) is 4.79 Å². The van der Waals surface area contributed by atoms with Crippen LogP contribution in [0, 0.1) is 11.8 Å². The fourth-order valence-electron chi connectivity index (χ4n) is 3.52. The molecule has 0 radical (unpaired) electrons. The maximum atomic E-state index is 11.6. The molecular formula is C12H21NO2. The van der Waals surface area contributed by atoms with Gasteiger partial charge in [-0.05, 0) is 45.1 Å². The summed E-state index contributed by atoms with van der Waals surface area (Å²) in [6.07, 6.45) is 5.66. The van der Waals surface area contributed by atoms with E-state index < -0.39 is 0 Å². The van der Waals surface area contributed by atoms with Crippen LogP contribution in [-0.4, -0.2) is 25.2 Å². The van der Waals surface area contributed by atoms with E-state index in [1.807, 2.05) is 14.0 Å². The minimum Gasteiger partial charge on any atom is -0.466 e. The van der Waals surface area contributed by atoms with E-state index in [0.29, 0.717) is 18.9 Å². The molecule has 3 unspecified atom stereocenters. The fraction of sp³-hybridized carbons (Fsp3) is 0.917. The van der Waals surface area contributed by atoms with E-state index in [4.69, 9.17) is 4.74 Å². The molecule has 2 rings (SSSR count). The summed E-state index contributed by atoms with van der Waals surface area (Å²) < 4.78 is 5.06. The van der Waals surface area contributed by atoms with Gasteiger partial charge in [-0.2, -0.15) is 0 Å². The number of hydrogen-bond donors (Lipinski definition) is 1. The van der Waals surface area contributed by atoms with Crippen molar-refractivity contribution in [2.24, 2.45) is 11.8 Å². The number of fused-ring (bicyclic) bond motifs is 2. The Kier molecular flexibility index (Phi) is 3.01. The van der Waals surface area contributed by atoms with Gasteiger partial charge in [-0.3, -0.25) is 4.79 Å². The van der Waals surface area contributed by atoms with Crippen LogP contribution >= 0.6 is 0 Å². The van der Waals surface area contributed by atoms with Crippen molar-refractivity contribution in [3.8, 4) is 0 Å². The predicted molar refractivity (Wildman–Crippen MR) is 58.5 cm³/mol. The van der Waals surface area contributed by atoms with Gasteiger partial charge in [0.05, 0.1) is 13.0 Å². The number of carbonyl (C=O) groups is 1. The van der Waals surface area contributed by atoms with Crippen molar-refractivity contribution in [3.63, 3.8) is 0 Å². The van der Waals surface area contributed by atoms with Gasteiger partial charge in [-0.15, -0.1) is 0 Å². The maximum Gasteiger partial charge on any atom is 0.307 e. The Labute approximate surface area is 91.6 Å². The largest absolute Gasteiger partial charge is 0.466 e. The number of ether oxygens (including phenoxy) is 1. The summed E-state index contributed by atoms with van der Waals surface area (Å²) >= 11 is 0. The Balaban J connectivity index is 2.00. The second-order valence-electron chi connectivity index (χ2n) is 4.97. The molecule has 3 nitrogen and oxygen atoms in total. The number of carbonyl (C=O) groups excluding carboxylic acids is 1. The van der Waals surface area contributed by atoms with Crippen LogP contribution in [0.5, 0.6) is 0 Å². The lowest BCUT2D eigenvalue weighted by molar-refractivity contribution is -0.145. The molecule has 0 heterocycles. The third kappa shape index (κ3) is 1.89. The molecule has 3 heteroatoms. The summed E-state index contributed by atoms with van der Waals surface area (Å²) in [5.74, 6) is 1.49.